The van der Waals surface area contributed by atoms with Crippen molar-refractivity contribution >= 4 is 0 Å². The maximum Gasteiger partial charge on any atom is 0.451 e. The lowest BCUT2D eigenvalue weighted by Crippen LogP contribution is -2.31. The fourth-order valence-corrected chi connectivity index (χ4v) is 2.53. The van der Waals surface area contributed by atoms with Crippen molar-refractivity contribution in [2.45, 2.75) is 25.7 Å². The fraction of sp³-hybridized carbons (Fsp3) is 0.400. The zero-order valence-electron chi connectivity index (χ0n) is 12.5. The Labute approximate surface area is 131 Å². The molecule has 0 saturated carbocycles. The molecule has 0 fully saturated rings. The number of pyridine rings is 1. The topological polar surface area (TPSA) is 51.1 Å². The van der Waals surface area contributed by atoms with Crippen molar-refractivity contribution in [3.63, 3.8) is 0 Å². The van der Waals surface area contributed by atoms with Gasteiger partial charge in [0.1, 0.15) is 0 Å². The van der Waals surface area contributed by atoms with Crippen LogP contribution in [-0.2, 0) is 25.7 Å². The van der Waals surface area contributed by atoms with Gasteiger partial charge in [-0.25, -0.2) is 15.0 Å². The highest BCUT2D eigenvalue weighted by Gasteiger charge is 2.35. The van der Waals surface area contributed by atoms with Gasteiger partial charge >= 0.3 is 6.18 Å². The van der Waals surface area contributed by atoms with Crippen LogP contribution in [0.15, 0.2) is 24.5 Å². The van der Waals surface area contributed by atoms with Gasteiger partial charge in [0.25, 0.3) is 0 Å². The number of nitrogens with zero attached hydrogens (tertiary/aromatic N) is 4. The highest BCUT2D eigenvalue weighted by Crippen LogP contribution is 2.28. The third-order valence-corrected chi connectivity index (χ3v) is 3.68. The van der Waals surface area contributed by atoms with Crippen LogP contribution in [0.1, 0.15) is 22.6 Å². The summed E-state index contributed by atoms with van der Waals surface area (Å²) in [5.74, 6) is -0.519. The van der Waals surface area contributed by atoms with E-state index in [1.807, 2.05) is 6.07 Å². The van der Waals surface area contributed by atoms with Gasteiger partial charge in [0.05, 0.1) is 12.8 Å². The molecule has 3 heterocycles. The third-order valence-electron chi connectivity index (χ3n) is 3.68. The van der Waals surface area contributed by atoms with Crippen LogP contribution in [0.25, 0.3) is 0 Å². The number of halogens is 3. The molecule has 0 spiro atoms. The van der Waals surface area contributed by atoms with E-state index in [-0.39, 0.29) is 0 Å². The molecule has 122 valence electrons. The maximum absolute atomic E-state index is 12.6. The second-order valence-corrected chi connectivity index (χ2v) is 5.33. The first-order valence-electron chi connectivity index (χ1n) is 7.09. The first-order valence-corrected chi connectivity index (χ1v) is 7.09. The van der Waals surface area contributed by atoms with Crippen molar-refractivity contribution in [3.8, 4) is 5.88 Å². The highest BCUT2D eigenvalue weighted by atomic mass is 19.4. The van der Waals surface area contributed by atoms with Crippen molar-refractivity contribution in [2.75, 3.05) is 13.7 Å². The number of alkyl halides is 3. The third kappa shape index (κ3) is 3.58. The molecule has 8 heteroatoms. The molecule has 0 N–H and O–H groups in total. The molecule has 3 rings (SSSR count). The van der Waals surface area contributed by atoms with Crippen LogP contribution < -0.4 is 4.74 Å². The molecule has 0 radical (unpaired) electrons. The number of aromatic nitrogens is 3. The van der Waals surface area contributed by atoms with Crippen LogP contribution in [0, 0.1) is 0 Å². The van der Waals surface area contributed by atoms with Gasteiger partial charge in [0.2, 0.25) is 11.7 Å². The van der Waals surface area contributed by atoms with E-state index in [9.17, 15) is 13.2 Å². The Morgan fingerprint density at radius 3 is 2.70 bits per heavy atom. The van der Waals surface area contributed by atoms with E-state index in [4.69, 9.17) is 4.74 Å². The van der Waals surface area contributed by atoms with Crippen LogP contribution in [0.4, 0.5) is 13.2 Å². The van der Waals surface area contributed by atoms with E-state index >= 15 is 0 Å². The number of rotatable bonds is 3. The first-order chi connectivity index (χ1) is 11.0. The summed E-state index contributed by atoms with van der Waals surface area (Å²) in [6, 6.07) is 3.70. The van der Waals surface area contributed by atoms with E-state index in [1.54, 1.807) is 19.4 Å². The molecule has 1 aliphatic rings. The molecule has 2 aromatic rings. The molecular weight excluding hydrogens is 309 g/mol. The van der Waals surface area contributed by atoms with Gasteiger partial charge in [-0.05, 0) is 5.56 Å². The van der Waals surface area contributed by atoms with E-state index < -0.39 is 12.0 Å². The van der Waals surface area contributed by atoms with E-state index in [0.717, 1.165) is 11.1 Å². The summed E-state index contributed by atoms with van der Waals surface area (Å²) < 4.78 is 42.9. The van der Waals surface area contributed by atoms with Gasteiger partial charge in [-0.3, -0.25) is 4.90 Å². The Kier molecular flexibility index (Phi) is 4.16. The predicted octanol–water partition coefficient (Wildman–Crippen LogP) is 2.46. The molecule has 0 saturated heterocycles. The Hall–Kier alpha value is -2.22. The Balaban J connectivity index is 1.70. The molecule has 0 amide bonds. The summed E-state index contributed by atoms with van der Waals surface area (Å²) in [6.07, 6.45) is -1.01. The summed E-state index contributed by atoms with van der Waals surface area (Å²) in [5, 5.41) is 0. The van der Waals surface area contributed by atoms with Crippen LogP contribution in [-0.4, -0.2) is 33.5 Å². The SMILES string of the molecule is COc1ccc(CN2CCc3nc(C(F)(F)F)ncc3C2)cn1. The summed E-state index contributed by atoms with van der Waals surface area (Å²) in [6.45, 7) is 1.84. The summed E-state index contributed by atoms with van der Waals surface area (Å²) >= 11 is 0. The van der Waals surface area contributed by atoms with E-state index in [1.165, 1.54) is 6.20 Å². The normalized spacial score (nSPS) is 15.3. The number of hydrogen-bond acceptors (Lipinski definition) is 5. The number of hydrogen-bond donors (Lipinski definition) is 0. The van der Waals surface area contributed by atoms with Gasteiger partial charge in [-0.1, -0.05) is 6.07 Å². The van der Waals surface area contributed by atoms with Crippen LogP contribution in [0.2, 0.25) is 0 Å². The number of ether oxygens (including phenoxy) is 1. The molecule has 0 atom stereocenters. The number of methoxy groups -OCH3 is 1. The zero-order valence-corrected chi connectivity index (χ0v) is 12.5. The molecule has 0 aliphatic carbocycles. The average Bonchev–Trinajstić information content (AvgIpc) is 2.54. The van der Waals surface area contributed by atoms with Crippen molar-refractivity contribution in [2.24, 2.45) is 0 Å². The lowest BCUT2D eigenvalue weighted by molar-refractivity contribution is -0.145. The molecule has 0 bridgehead atoms. The minimum Gasteiger partial charge on any atom is -0.481 e. The summed E-state index contributed by atoms with van der Waals surface area (Å²) in [5.41, 5.74) is 2.24. The summed E-state index contributed by atoms with van der Waals surface area (Å²) in [4.78, 5) is 13.4. The quantitative estimate of drug-likeness (QED) is 0.868. The van der Waals surface area contributed by atoms with Crippen molar-refractivity contribution in [1.82, 2.24) is 19.9 Å². The molecule has 23 heavy (non-hydrogen) atoms. The minimum absolute atomic E-state index is 0.477. The fourth-order valence-electron chi connectivity index (χ4n) is 2.53. The lowest BCUT2D eigenvalue weighted by Gasteiger charge is -2.28. The second kappa shape index (κ2) is 6.11. The second-order valence-electron chi connectivity index (χ2n) is 5.33. The predicted molar refractivity (Wildman–Crippen MR) is 75.6 cm³/mol. The van der Waals surface area contributed by atoms with E-state index in [0.29, 0.717) is 37.6 Å². The van der Waals surface area contributed by atoms with Gasteiger partial charge in [-0.15, -0.1) is 0 Å². The van der Waals surface area contributed by atoms with E-state index in [2.05, 4.69) is 19.9 Å². The minimum atomic E-state index is -4.50. The largest absolute Gasteiger partial charge is 0.481 e. The molecular formula is C15H15F3N4O. The van der Waals surface area contributed by atoms with Crippen molar-refractivity contribution in [1.29, 1.82) is 0 Å². The smallest absolute Gasteiger partial charge is 0.451 e. The lowest BCUT2D eigenvalue weighted by atomic mass is 10.1. The molecule has 2 aromatic heterocycles. The summed E-state index contributed by atoms with van der Waals surface area (Å²) in [7, 11) is 1.55. The van der Waals surface area contributed by atoms with Crippen LogP contribution in [0.3, 0.4) is 0 Å². The first kappa shape index (κ1) is 15.7. The average molecular weight is 324 g/mol. The molecule has 0 aromatic carbocycles. The van der Waals surface area contributed by atoms with Crippen molar-refractivity contribution in [3.05, 3.63) is 47.2 Å². The molecule has 0 unspecified atom stereocenters. The standard InChI is InChI=1S/C15H15F3N4O/c1-23-13-3-2-10(6-19-13)8-22-5-4-12-11(9-22)7-20-14(21-12)15(16,17)18/h2-3,6-7H,4-5,8-9H2,1H3. The van der Waals surface area contributed by atoms with Gasteiger partial charge in [0.15, 0.2) is 0 Å². The van der Waals surface area contributed by atoms with Crippen LogP contribution in [0.5, 0.6) is 5.88 Å². The van der Waals surface area contributed by atoms with Crippen LogP contribution >= 0.6 is 0 Å². The van der Waals surface area contributed by atoms with Gasteiger partial charge in [0, 0.05) is 50.1 Å². The van der Waals surface area contributed by atoms with Gasteiger partial charge < -0.3 is 4.74 Å². The molecule has 5 nitrogen and oxygen atoms in total. The molecule has 1 aliphatic heterocycles. The van der Waals surface area contributed by atoms with Gasteiger partial charge in [-0.2, -0.15) is 13.2 Å². The number of fused-ring (bicyclic) bond motifs is 1. The zero-order chi connectivity index (χ0) is 16.4. The maximum atomic E-state index is 12.6. The monoisotopic (exact) mass is 324 g/mol. The highest BCUT2D eigenvalue weighted by molar-refractivity contribution is 5.22. The Morgan fingerprint density at radius 1 is 1.22 bits per heavy atom. The Bertz CT molecular complexity index is 688. The van der Waals surface area contributed by atoms with Crippen molar-refractivity contribution < 1.29 is 17.9 Å². The Morgan fingerprint density at radius 2 is 2.04 bits per heavy atom.